The molecule has 0 radical (unpaired) electrons. The van der Waals surface area contributed by atoms with Crippen LogP contribution in [0.4, 0.5) is 10.5 Å². The number of morpholine rings is 1. The van der Waals surface area contributed by atoms with Gasteiger partial charge in [-0.05, 0) is 32.9 Å². The minimum absolute atomic E-state index is 0.0149. The Morgan fingerprint density at radius 1 is 1.37 bits per heavy atom. The summed E-state index contributed by atoms with van der Waals surface area (Å²) in [7, 11) is 0. The standard InChI is InChI=1S/C22H29N3O4S/c1-15(13-25-10-11-28-18(14-25)20-23-9-12-30-20)19(26)16-7-5-6-8-17(16)24-21(27)29-22(2,3)4/h5-9,12,15,18H,10-11,13-14H2,1-4H3,(H,24,27)/t15-,18+/m0/s1. The Hall–Kier alpha value is -2.29. The van der Waals surface area contributed by atoms with Crippen LogP contribution >= 0.6 is 11.3 Å². The lowest BCUT2D eigenvalue weighted by molar-refractivity contribution is -0.0330. The summed E-state index contributed by atoms with van der Waals surface area (Å²) in [5.74, 6) is -0.249. The Balaban J connectivity index is 1.64. The molecule has 0 spiro atoms. The molecule has 2 atom stereocenters. The van der Waals surface area contributed by atoms with E-state index in [0.29, 0.717) is 30.9 Å². The maximum absolute atomic E-state index is 13.2. The van der Waals surface area contributed by atoms with Gasteiger partial charge in [0.05, 0.1) is 12.3 Å². The Morgan fingerprint density at radius 3 is 2.83 bits per heavy atom. The average molecular weight is 432 g/mol. The second-order valence-corrected chi connectivity index (χ2v) is 9.35. The van der Waals surface area contributed by atoms with Crippen molar-refractivity contribution < 1.29 is 19.1 Å². The number of para-hydroxylation sites is 1. The van der Waals surface area contributed by atoms with Crippen molar-refractivity contribution in [1.82, 2.24) is 9.88 Å². The number of amides is 1. The van der Waals surface area contributed by atoms with Gasteiger partial charge in [-0.1, -0.05) is 19.1 Å². The summed E-state index contributed by atoms with van der Waals surface area (Å²) in [6.45, 7) is 10.0. The first-order valence-electron chi connectivity index (χ1n) is 10.1. The van der Waals surface area contributed by atoms with E-state index in [-0.39, 0.29) is 17.8 Å². The first kappa shape index (κ1) is 22.4. The summed E-state index contributed by atoms with van der Waals surface area (Å²) >= 11 is 1.58. The molecule has 2 heterocycles. The average Bonchev–Trinajstić information content (AvgIpc) is 3.21. The molecule has 8 heteroatoms. The summed E-state index contributed by atoms with van der Waals surface area (Å²) in [4.78, 5) is 31.9. The number of hydrogen-bond donors (Lipinski definition) is 1. The molecule has 1 aromatic heterocycles. The number of benzene rings is 1. The molecule has 1 aliphatic heterocycles. The van der Waals surface area contributed by atoms with Gasteiger partial charge >= 0.3 is 6.09 Å². The number of ether oxygens (including phenoxy) is 2. The first-order chi connectivity index (χ1) is 14.2. The number of aromatic nitrogens is 1. The topological polar surface area (TPSA) is 80.8 Å². The Kier molecular flexibility index (Phi) is 7.23. The van der Waals surface area contributed by atoms with E-state index >= 15 is 0 Å². The van der Waals surface area contributed by atoms with Crippen molar-refractivity contribution in [3.8, 4) is 0 Å². The number of rotatable bonds is 6. The van der Waals surface area contributed by atoms with Crippen molar-refractivity contribution in [3.05, 3.63) is 46.4 Å². The molecule has 0 unspecified atom stereocenters. The van der Waals surface area contributed by atoms with E-state index in [4.69, 9.17) is 9.47 Å². The molecule has 7 nitrogen and oxygen atoms in total. The molecule has 0 aliphatic carbocycles. The molecule has 1 fully saturated rings. The van der Waals surface area contributed by atoms with Gasteiger partial charge in [-0.2, -0.15) is 0 Å². The van der Waals surface area contributed by atoms with Crippen molar-refractivity contribution >= 4 is 28.9 Å². The number of carbonyl (C=O) groups excluding carboxylic acids is 2. The van der Waals surface area contributed by atoms with Crippen molar-refractivity contribution in [2.75, 3.05) is 31.6 Å². The van der Waals surface area contributed by atoms with Gasteiger partial charge in [-0.25, -0.2) is 9.78 Å². The molecule has 2 aromatic rings. The van der Waals surface area contributed by atoms with Crippen molar-refractivity contribution in [2.45, 2.75) is 39.4 Å². The summed E-state index contributed by atoms with van der Waals surface area (Å²) in [6.07, 6.45) is 1.15. The van der Waals surface area contributed by atoms with Crippen LogP contribution < -0.4 is 5.32 Å². The van der Waals surface area contributed by atoms with Crippen LogP contribution in [0.5, 0.6) is 0 Å². The van der Waals surface area contributed by atoms with E-state index in [9.17, 15) is 9.59 Å². The Labute approximate surface area is 181 Å². The molecule has 0 bridgehead atoms. The van der Waals surface area contributed by atoms with Gasteiger partial charge in [0.2, 0.25) is 0 Å². The van der Waals surface area contributed by atoms with Crippen LogP contribution in [0.15, 0.2) is 35.8 Å². The lowest BCUT2D eigenvalue weighted by Gasteiger charge is -2.33. The largest absolute Gasteiger partial charge is 0.444 e. The van der Waals surface area contributed by atoms with E-state index in [1.54, 1.807) is 62.6 Å². The highest BCUT2D eigenvalue weighted by Gasteiger charge is 2.28. The van der Waals surface area contributed by atoms with Gasteiger partial charge in [0.1, 0.15) is 16.7 Å². The fourth-order valence-corrected chi connectivity index (χ4v) is 4.04. The number of ketones is 1. The summed E-state index contributed by atoms with van der Waals surface area (Å²) < 4.78 is 11.2. The molecule has 1 N–H and O–H groups in total. The van der Waals surface area contributed by atoms with Gasteiger partial charge < -0.3 is 9.47 Å². The molecule has 1 amide bonds. The quantitative estimate of drug-likeness (QED) is 0.684. The minimum atomic E-state index is -0.610. The van der Waals surface area contributed by atoms with Crippen LogP contribution in [0, 0.1) is 5.92 Å². The van der Waals surface area contributed by atoms with Crippen molar-refractivity contribution in [1.29, 1.82) is 0 Å². The lowest BCUT2D eigenvalue weighted by atomic mass is 9.97. The predicted molar refractivity (Wildman–Crippen MR) is 117 cm³/mol. The monoisotopic (exact) mass is 431 g/mol. The molecule has 3 rings (SSSR count). The van der Waals surface area contributed by atoms with Gasteiger partial charge in [0.25, 0.3) is 0 Å². The third-order valence-corrected chi connectivity index (χ3v) is 5.55. The zero-order valence-electron chi connectivity index (χ0n) is 17.9. The number of thiazole rings is 1. The van der Waals surface area contributed by atoms with E-state index in [1.807, 2.05) is 12.3 Å². The van der Waals surface area contributed by atoms with E-state index in [1.165, 1.54) is 0 Å². The number of carbonyl (C=O) groups is 2. The molecule has 0 saturated carbocycles. The van der Waals surface area contributed by atoms with Crippen LogP contribution in [0.2, 0.25) is 0 Å². The molecule has 1 saturated heterocycles. The molecular formula is C22H29N3O4S. The highest BCUT2D eigenvalue weighted by Crippen LogP contribution is 2.26. The number of hydrogen-bond acceptors (Lipinski definition) is 7. The third kappa shape index (κ3) is 6.10. The highest BCUT2D eigenvalue weighted by molar-refractivity contribution is 7.09. The minimum Gasteiger partial charge on any atom is -0.444 e. The maximum atomic E-state index is 13.2. The predicted octanol–water partition coefficient (Wildman–Crippen LogP) is 4.38. The zero-order chi connectivity index (χ0) is 21.7. The third-order valence-electron chi connectivity index (χ3n) is 4.69. The van der Waals surface area contributed by atoms with E-state index < -0.39 is 11.7 Å². The van der Waals surface area contributed by atoms with Crippen LogP contribution in [0.25, 0.3) is 0 Å². The summed E-state index contributed by atoms with van der Waals surface area (Å²) in [5, 5.41) is 5.62. The Bertz CT molecular complexity index is 864. The molecule has 162 valence electrons. The van der Waals surface area contributed by atoms with Crippen LogP contribution in [-0.4, -0.2) is 53.6 Å². The van der Waals surface area contributed by atoms with Gasteiger partial charge in [0.15, 0.2) is 5.78 Å². The lowest BCUT2D eigenvalue weighted by Crippen LogP contribution is -2.41. The number of nitrogens with one attached hydrogen (secondary N) is 1. The molecule has 30 heavy (non-hydrogen) atoms. The van der Waals surface area contributed by atoms with Crippen molar-refractivity contribution in [2.24, 2.45) is 5.92 Å². The van der Waals surface area contributed by atoms with Crippen LogP contribution in [0.1, 0.15) is 49.2 Å². The fraction of sp³-hybridized carbons (Fsp3) is 0.500. The maximum Gasteiger partial charge on any atom is 0.412 e. The molecule has 1 aliphatic rings. The van der Waals surface area contributed by atoms with Gasteiger partial charge in [-0.3, -0.25) is 15.0 Å². The summed E-state index contributed by atoms with van der Waals surface area (Å²) in [6, 6.07) is 7.04. The highest BCUT2D eigenvalue weighted by atomic mass is 32.1. The van der Waals surface area contributed by atoms with Crippen molar-refractivity contribution in [3.63, 3.8) is 0 Å². The van der Waals surface area contributed by atoms with E-state index in [2.05, 4.69) is 15.2 Å². The van der Waals surface area contributed by atoms with Crippen LogP contribution in [-0.2, 0) is 9.47 Å². The number of nitrogens with zero attached hydrogens (tertiary/aromatic N) is 2. The molecular weight excluding hydrogens is 402 g/mol. The smallest absolute Gasteiger partial charge is 0.412 e. The number of anilines is 1. The second-order valence-electron chi connectivity index (χ2n) is 8.43. The molecule has 1 aromatic carbocycles. The number of Topliss-reactive ketones (excluding diaryl/α,β-unsaturated/α-hetero) is 1. The first-order valence-corrected chi connectivity index (χ1v) is 11.0. The normalized spacial score (nSPS) is 18.6. The Morgan fingerprint density at radius 2 is 2.13 bits per heavy atom. The SMILES string of the molecule is C[C@@H](CN1CCO[C@@H](c2nccs2)C1)C(=O)c1ccccc1NC(=O)OC(C)(C)C. The zero-order valence-corrected chi connectivity index (χ0v) is 18.7. The fourth-order valence-electron chi connectivity index (χ4n) is 3.37. The van der Waals surface area contributed by atoms with Gasteiger partial charge in [-0.15, -0.1) is 11.3 Å². The van der Waals surface area contributed by atoms with Gasteiger partial charge in [0, 0.05) is 42.7 Å². The van der Waals surface area contributed by atoms with Crippen LogP contribution in [0.3, 0.4) is 0 Å². The second kappa shape index (κ2) is 9.68. The summed E-state index contributed by atoms with van der Waals surface area (Å²) in [5.41, 5.74) is 0.340. The van der Waals surface area contributed by atoms with E-state index in [0.717, 1.165) is 11.6 Å².